The van der Waals surface area contributed by atoms with E-state index in [-0.39, 0.29) is 11.8 Å². The number of carbonyl (C=O) groups is 1. The van der Waals surface area contributed by atoms with E-state index in [1.807, 2.05) is 25.1 Å². The first-order valence-electron chi connectivity index (χ1n) is 6.43. The molecule has 1 fully saturated rings. The van der Waals surface area contributed by atoms with Gasteiger partial charge in [0.25, 0.3) is 0 Å². The SMILES string of the molecule is COc1ccc(C2CCCC(C)C2=O)cc1OC. The minimum absolute atomic E-state index is 0.0218. The molecule has 2 atom stereocenters. The van der Waals surface area contributed by atoms with Crippen LogP contribution in [0.15, 0.2) is 18.2 Å². The standard InChI is InChI=1S/C15H20O3/c1-10-5-4-6-12(15(10)16)11-7-8-13(17-2)14(9-11)18-3/h7-10,12H,4-6H2,1-3H3. The summed E-state index contributed by atoms with van der Waals surface area (Å²) in [6.07, 6.45) is 3.08. The summed E-state index contributed by atoms with van der Waals surface area (Å²) >= 11 is 0. The third-order valence-corrected chi connectivity index (χ3v) is 3.77. The van der Waals surface area contributed by atoms with Crippen LogP contribution in [0.4, 0.5) is 0 Å². The third kappa shape index (κ3) is 2.35. The highest BCUT2D eigenvalue weighted by molar-refractivity contribution is 5.88. The largest absolute Gasteiger partial charge is 0.493 e. The minimum atomic E-state index is 0.0218. The van der Waals surface area contributed by atoms with Crippen LogP contribution < -0.4 is 9.47 Å². The molecule has 0 bridgehead atoms. The van der Waals surface area contributed by atoms with Crippen molar-refractivity contribution in [3.05, 3.63) is 23.8 Å². The van der Waals surface area contributed by atoms with Gasteiger partial charge in [-0.3, -0.25) is 4.79 Å². The zero-order chi connectivity index (χ0) is 13.1. The van der Waals surface area contributed by atoms with E-state index in [4.69, 9.17) is 9.47 Å². The van der Waals surface area contributed by atoms with E-state index in [9.17, 15) is 4.79 Å². The second kappa shape index (κ2) is 5.42. The van der Waals surface area contributed by atoms with Crippen molar-refractivity contribution in [2.45, 2.75) is 32.1 Å². The molecule has 0 aliphatic heterocycles. The van der Waals surface area contributed by atoms with Crippen molar-refractivity contribution in [1.82, 2.24) is 0 Å². The van der Waals surface area contributed by atoms with Crippen LogP contribution in [-0.2, 0) is 4.79 Å². The van der Waals surface area contributed by atoms with Crippen LogP contribution in [0.5, 0.6) is 11.5 Å². The molecule has 0 aromatic heterocycles. The van der Waals surface area contributed by atoms with Crippen molar-refractivity contribution in [1.29, 1.82) is 0 Å². The zero-order valence-corrected chi connectivity index (χ0v) is 11.2. The van der Waals surface area contributed by atoms with Gasteiger partial charge in [-0.2, -0.15) is 0 Å². The van der Waals surface area contributed by atoms with Crippen molar-refractivity contribution in [2.24, 2.45) is 5.92 Å². The summed E-state index contributed by atoms with van der Waals surface area (Å²) in [5.74, 6) is 1.96. The summed E-state index contributed by atoms with van der Waals surface area (Å²) in [7, 11) is 3.23. The van der Waals surface area contributed by atoms with Gasteiger partial charge in [-0.1, -0.05) is 19.4 Å². The molecule has 1 aliphatic rings. The minimum Gasteiger partial charge on any atom is -0.493 e. The molecule has 0 radical (unpaired) electrons. The number of hydrogen-bond donors (Lipinski definition) is 0. The van der Waals surface area contributed by atoms with E-state index in [0.717, 1.165) is 24.8 Å². The average Bonchev–Trinajstić information content (AvgIpc) is 2.41. The zero-order valence-electron chi connectivity index (χ0n) is 11.2. The van der Waals surface area contributed by atoms with Crippen LogP contribution in [0.2, 0.25) is 0 Å². The topological polar surface area (TPSA) is 35.5 Å². The Morgan fingerprint density at radius 1 is 1.11 bits per heavy atom. The first-order valence-corrected chi connectivity index (χ1v) is 6.43. The molecule has 2 rings (SSSR count). The van der Waals surface area contributed by atoms with E-state index in [1.54, 1.807) is 14.2 Å². The first-order chi connectivity index (χ1) is 8.67. The number of rotatable bonds is 3. The van der Waals surface area contributed by atoms with Crippen LogP contribution >= 0.6 is 0 Å². The number of hydrogen-bond acceptors (Lipinski definition) is 3. The predicted molar refractivity (Wildman–Crippen MR) is 70.3 cm³/mol. The van der Waals surface area contributed by atoms with Gasteiger partial charge < -0.3 is 9.47 Å². The molecular formula is C15H20O3. The highest BCUT2D eigenvalue weighted by Gasteiger charge is 2.29. The lowest BCUT2D eigenvalue weighted by Crippen LogP contribution is -2.24. The molecule has 1 aromatic carbocycles. The van der Waals surface area contributed by atoms with Gasteiger partial charge in [-0.25, -0.2) is 0 Å². The Morgan fingerprint density at radius 3 is 2.50 bits per heavy atom. The highest BCUT2D eigenvalue weighted by Crippen LogP contribution is 2.37. The fourth-order valence-electron chi connectivity index (χ4n) is 2.66. The van der Waals surface area contributed by atoms with Crippen LogP contribution in [0.3, 0.4) is 0 Å². The number of carbonyl (C=O) groups excluding carboxylic acids is 1. The molecule has 1 aliphatic carbocycles. The molecule has 1 aromatic rings. The van der Waals surface area contributed by atoms with E-state index in [2.05, 4.69) is 0 Å². The number of benzene rings is 1. The van der Waals surface area contributed by atoms with Crippen LogP contribution in [0.1, 0.15) is 37.7 Å². The summed E-state index contributed by atoms with van der Waals surface area (Å²) in [4.78, 5) is 12.2. The normalized spacial score (nSPS) is 23.8. The Balaban J connectivity index is 2.30. The molecule has 0 spiro atoms. The van der Waals surface area contributed by atoms with Crippen molar-refractivity contribution >= 4 is 5.78 Å². The maximum Gasteiger partial charge on any atom is 0.161 e. The molecular weight excluding hydrogens is 228 g/mol. The van der Waals surface area contributed by atoms with Crippen LogP contribution in [0.25, 0.3) is 0 Å². The van der Waals surface area contributed by atoms with Gasteiger partial charge in [-0.15, -0.1) is 0 Å². The highest BCUT2D eigenvalue weighted by atomic mass is 16.5. The maximum atomic E-state index is 12.2. The van der Waals surface area contributed by atoms with Crippen molar-refractivity contribution in [3.8, 4) is 11.5 Å². The van der Waals surface area contributed by atoms with Gasteiger partial charge in [0.2, 0.25) is 0 Å². The number of ether oxygens (including phenoxy) is 2. The third-order valence-electron chi connectivity index (χ3n) is 3.77. The molecule has 3 heteroatoms. The Labute approximate surface area is 108 Å². The van der Waals surface area contributed by atoms with E-state index >= 15 is 0 Å². The van der Waals surface area contributed by atoms with Gasteiger partial charge in [0, 0.05) is 11.8 Å². The molecule has 0 saturated heterocycles. The molecule has 98 valence electrons. The Kier molecular flexibility index (Phi) is 3.90. The molecule has 0 amide bonds. The van der Waals surface area contributed by atoms with Crippen LogP contribution in [0, 0.1) is 5.92 Å². The lowest BCUT2D eigenvalue weighted by molar-refractivity contribution is -0.125. The fourth-order valence-corrected chi connectivity index (χ4v) is 2.66. The Hall–Kier alpha value is -1.51. The summed E-state index contributed by atoms with van der Waals surface area (Å²) in [5, 5.41) is 0. The number of ketones is 1. The van der Waals surface area contributed by atoms with E-state index < -0.39 is 0 Å². The lowest BCUT2D eigenvalue weighted by atomic mass is 9.77. The molecule has 3 nitrogen and oxygen atoms in total. The monoisotopic (exact) mass is 248 g/mol. The van der Waals surface area contributed by atoms with Gasteiger partial charge in [0.1, 0.15) is 5.78 Å². The summed E-state index contributed by atoms with van der Waals surface area (Å²) < 4.78 is 10.5. The van der Waals surface area contributed by atoms with Gasteiger partial charge >= 0.3 is 0 Å². The number of methoxy groups -OCH3 is 2. The second-order valence-electron chi connectivity index (χ2n) is 4.90. The number of Topliss-reactive ketones (excluding diaryl/α,β-unsaturated/α-hetero) is 1. The second-order valence-corrected chi connectivity index (χ2v) is 4.90. The van der Waals surface area contributed by atoms with Gasteiger partial charge in [-0.05, 0) is 30.5 Å². The average molecular weight is 248 g/mol. The van der Waals surface area contributed by atoms with Crippen molar-refractivity contribution < 1.29 is 14.3 Å². The van der Waals surface area contributed by atoms with Crippen LogP contribution in [-0.4, -0.2) is 20.0 Å². The molecule has 0 N–H and O–H groups in total. The summed E-state index contributed by atoms with van der Waals surface area (Å²) in [6, 6.07) is 5.78. The van der Waals surface area contributed by atoms with Crippen molar-refractivity contribution in [2.75, 3.05) is 14.2 Å². The fraction of sp³-hybridized carbons (Fsp3) is 0.533. The molecule has 2 unspecified atom stereocenters. The van der Waals surface area contributed by atoms with E-state index in [0.29, 0.717) is 17.3 Å². The quantitative estimate of drug-likeness (QED) is 0.824. The first kappa shape index (κ1) is 12.9. The predicted octanol–water partition coefficient (Wildman–Crippen LogP) is 3.18. The summed E-state index contributed by atoms with van der Waals surface area (Å²) in [5.41, 5.74) is 1.05. The molecule has 1 saturated carbocycles. The molecule has 18 heavy (non-hydrogen) atoms. The molecule has 0 heterocycles. The maximum absolute atomic E-state index is 12.2. The van der Waals surface area contributed by atoms with Gasteiger partial charge in [0.15, 0.2) is 11.5 Å². The van der Waals surface area contributed by atoms with Crippen molar-refractivity contribution in [3.63, 3.8) is 0 Å². The Bertz CT molecular complexity index is 439. The smallest absolute Gasteiger partial charge is 0.161 e. The van der Waals surface area contributed by atoms with Gasteiger partial charge in [0.05, 0.1) is 14.2 Å². The lowest BCUT2D eigenvalue weighted by Gasteiger charge is -2.26. The summed E-state index contributed by atoms with van der Waals surface area (Å²) in [6.45, 7) is 2.02. The van der Waals surface area contributed by atoms with E-state index in [1.165, 1.54) is 0 Å². The Morgan fingerprint density at radius 2 is 1.83 bits per heavy atom.